The Hall–Kier alpha value is -4.08. The maximum absolute atomic E-state index is 12.5. The van der Waals surface area contributed by atoms with Crippen LogP contribution in [0.2, 0.25) is 0 Å². The normalized spacial score (nSPS) is 11.3. The number of alkyl halides is 3. The molecule has 0 aliphatic rings. The maximum Gasteiger partial charge on any atom is 0.573 e. The molecule has 4 rings (SSSR count). The number of rotatable bonds is 4. The third kappa shape index (κ3) is 4.49. The monoisotopic (exact) mass is 413 g/mol. The van der Waals surface area contributed by atoms with Crippen molar-refractivity contribution >= 4 is 23.2 Å². The van der Waals surface area contributed by atoms with Crippen molar-refractivity contribution in [3.05, 3.63) is 73.2 Å². The van der Waals surface area contributed by atoms with Crippen LogP contribution >= 0.6 is 0 Å². The Balaban J connectivity index is 1.44. The molecule has 0 bridgehead atoms. The molecule has 4 aromatic rings. The average molecular weight is 413 g/mol. The first-order valence-corrected chi connectivity index (χ1v) is 8.70. The first-order chi connectivity index (χ1) is 14.4. The minimum absolute atomic E-state index is 0.110. The standard InChI is InChI=1S/C20H14F3N5O2/c21-20(22,23)30-17-5-2-1-4-15(17)27-19(29)25-14-8-6-13(7-9-14)16-12-28-11-3-10-24-18(28)26-16/h1-12H,(H2,25,27,29). The van der Waals surface area contributed by atoms with Gasteiger partial charge in [0, 0.05) is 29.8 Å². The van der Waals surface area contributed by atoms with E-state index < -0.39 is 18.1 Å². The topological polar surface area (TPSA) is 80.6 Å². The van der Waals surface area contributed by atoms with Gasteiger partial charge in [-0.05, 0) is 30.3 Å². The number of hydrogen-bond donors (Lipinski definition) is 2. The van der Waals surface area contributed by atoms with E-state index in [1.807, 2.05) is 12.4 Å². The molecule has 2 heterocycles. The Morgan fingerprint density at radius 3 is 2.50 bits per heavy atom. The number of carbonyl (C=O) groups is 1. The molecule has 0 unspecified atom stereocenters. The molecule has 0 fully saturated rings. The summed E-state index contributed by atoms with van der Waals surface area (Å²) in [6.07, 6.45) is 0.446. The fourth-order valence-corrected chi connectivity index (χ4v) is 2.76. The molecule has 2 aromatic carbocycles. The smallest absolute Gasteiger partial charge is 0.404 e. The van der Waals surface area contributed by atoms with Crippen LogP contribution in [-0.2, 0) is 0 Å². The van der Waals surface area contributed by atoms with Gasteiger partial charge in [0.15, 0.2) is 5.75 Å². The van der Waals surface area contributed by atoms with Gasteiger partial charge in [-0.2, -0.15) is 0 Å². The van der Waals surface area contributed by atoms with Crippen LogP contribution in [0, 0.1) is 0 Å². The molecule has 2 aromatic heterocycles. The summed E-state index contributed by atoms with van der Waals surface area (Å²) in [7, 11) is 0. The van der Waals surface area contributed by atoms with Crippen molar-refractivity contribution in [2.45, 2.75) is 6.36 Å². The number of ether oxygens (including phenoxy) is 1. The average Bonchev–Trinajstić information content (AvgIpc) is 3.13. The molecular formula is C20H14F3N5O2. The van der Waals surface area contributed by atoms with Gasteiger partial charge in [0.05, 0.1) is 11.4 Å². The van der Waals surface area contributed by atoms with Gasteiger partial charge < -0.3 is 15.4 Å². The van der Waals surface area contributed by atoms with Gasteiger partial charge in [-0.15, -0.1) is 13.2 Å². The fourth-order valence-electron chi connectivity index (χ4n) is 2.76. The zero-order valence-corrected chi connectivity index (χ0v) is 15.2. The number of fused-ring (bicyclic) bond motifs is 1. The number of urea groups is 1. The van der Waals surface area contributed by atoms with Gasteiger partial charge in [-0.3, -0.25) is 4.40 Å². The van der Waals surface area contributed by atoms with Crippen molar-refractivity contribution in [3.8, 4) is 17.0 Å². The number of anilines is 2. The quantitative estimate of drug-likeness (QED) is 0.497. The van der Waals surface area contributed by atoms with E-state index in [0.29, 0.717) is 17.2 Å². The van der Waals surface area contributed by atoms with Crippen LogP contribution in [0.5, 0.6) is 5.75 Å². The zero-order chi connectivity index (χ0) is 21.1. The first-order valence-electron chi connectivity index (χ1n) is 8.70. The van der Waals surface area contributed by atoms with Gasteiger partial charge >= 0.3 is 12.4 Å². The molecule has 0 aliphatic heterocycles. The number of para-hydroxylation sites is 2. The van der Waals surface area contributed by atoms with E-state index in [1.54, 1.807) is 40.9 Å². The maximum atomic E-state index is 12.5. The molecule has 0 atom stereocenters. The predicted octanol–water partition coefficient (Wildman–Crippen LogP) is 4.94. The van der Waals surface area contributed by atoms with Crippen LogP contribution in [0.3, 0.4) is 0 Å². The van der Waals surface area contributed by atoms with Gasteiger partial charge in [0.2, 0.25) is 5.78 Å². The summed E-state index contributed by atoms with van der Waals surface area (Å²) in [4.78, 5) is 20.8. The molecule has 0 radical (unpaired) electrons. The van der Waals surface area contributed by atoms with Gasteiger partial charge in [-0.25, -0.2) is 14.8 Å². The van der Waals surface area contributed by atoms with E-state index in [0.717, 1.165) is 11.6 Å². The van der Waals surface area contributed by atoms with Gasteiger partial charge in [0.1, 0.15) is 0 Å². The Morgan fingerprint density at radius 1 is 1.00 bits per heavy atom. The van der Waals surface area contributed by atoms with E-state index in [4.69, 9.17) is 0 Å². The van der Waals surface area contributed by atoms with E-state index in [1.165, 1.54) is 18.2 Å². The minimum atomic E-state index is -4.86. The summed E-state index contributed by atoms with van der Waals surface area (Å²) in [5.41, 5.74) is 1.87. The highest BCUT2D eigenvalue weighted by Crippen LogP contribution is 2.30. The van der Waals surface area contributed by atoms with Crippen LogP contribution in [0.1, 0.15) is 0 Å². The first kappa shape index (κ1) is 19.2. The summed E-state index contributed by atoms with van der Waals surface area (Å²) < 4.78 is 43.2. The number of aromatic nitrogens is 3. The molecule has 7 nitrogen and oxygen atoms in total. The predicted molar refractivity (Wildman–Crippen MR) is 104 cm³/mol. The number of hydrogen-bond acceptors (Lipinski definition) is 4. The molecule has 2 amide bonds. The lowest BCUT2D eigenvalue weighted by atomic mass is 10.1. The van der Waals surface area contributed by atoms with Crippen molar-refractivity contribution in [2.75, 3.05) is 10.6 Å². The summed E-state index contributed by atoms with van der Waals surface area (Å²) >= 11 is 0. The van der Waals surface area contributed by atoms with Crippen molar-refractivity contribution in [2.24, 2.45) is 0 Å². The summed E-state index contributed by atoms with van der Waals surface area (Å²) in [5.74, 6) is 0.0600. The van der Waals surface area contributed by atoms with E-state index in [9.17, 15) is 18.0 Å². The Kier molecular flexibility index (Phi) is 4.97. The molecule has 0 saturated carbocycles. The molecule has 0 saturated heterocycles. The number of benzene rings is 2. The Morgan fingerprint density at radius 2 is 1.77 bits per heavy atom. The van der Waals surface area contributed by atoms with Crippen molar-refractivity contribution < 1.29 is 22.7 Å². The van der Waals surface area contributed by atoms with Crippen molar-refractivity contribution in [1.29, 1.82) is 0 Å². The lowest BCUT2D eigenvalue weighted by Crippen LogP contribution is -2.22. The van der Waals surface area contributed by atoms with Crippen molar-refractivity contribution in [1.82, 2.24) is 14.4 Å². The highest BCUT2D eigenvalue weighted by atomic mass is 19.4. The summed E-state index contributed by atoms with van der Waals surface area (Å²) in [5, 5.41) is 4.91. The van der Waals surface area contributed by atoms with E-state index in [2.05, 4.69) is 25.3 Å². The second-order valence-corrected chi connectivity index (χ2v) is 6.15. The number of amides is 2. The second kappa shape index (κ2) is 7.74. The van der Waals surface area contributed by atoms with Gasteiger partial charge in [-0.1, -0.05) is 24.3 Å². The molecule has 10 heteroatoms. The molecule has 30 heavy (non-hydrogen) atoms. The number of halogens is 3. The van der Waals surface area contributed by atoms with Crippen molar-refractivity contribution in [3.63, 3.8) is 0 Å². The highest BCUT2D eigenvalue weighted by molar-refractivity contribution is 6.00. The van der Waals surface area contributed by atoms with E-state index >= 15 is 0 Å². The van der Waals surface area contributed by atoms with Crippen LogP contribution in [0.4, 0.5) is 29.3 Å². The number of nitrogens with zero attached hydrogens (tertiary/aromatic N) is 3. The van der Waals surface area contributed by atoms with Crippen LogP contribution < -0.4 is 15.4 Å². The zero-order valence-electron chi connectivity index (χ0n) is 15.2. The highest BCUT2D eigenvalue weighted by Gasteiger charge is 2.32. The number of carbonyl (C=O) groups excluding carboxylic acids is 1. The lowest BCUT2D eigenvalue weighted by molar-refractivity contribution is -0.274. The third-order valence-electron chi connectivity index (χ3n) is 4.03. The number of imidazole rings is 1. The minimum Gasteiger partial charge on any atom is -0.404 e. The molecule has 0 aliphatic carbocycles. The second-order valence-electron chi connectivity index (χ2n) is 6.15. The Bertz CT molecular complexity index is 1160. The van der Waals surface area contributed by atoms with Crippen LogP contribution in [0.15, 0.2) is 73.2 Å². The van der Waals surface area contributed by atoms with Crippen LogP contribution in [0.25, 0.3) is 17.0 Å². The van der Waals surface area contributed by atoms with Gasteiger partial charge in [0.25, 0.3) is 0 Å². The molecule has 2 N–H and O–H groups in total. The fraction of sp³-hybridized carbons (Fsp3) is 0.0500. The number of nitrogens with one attached hydrogen (secondary N) is 2. The molecule has 0 spiro atoms. The SMILES string of the molecule is O=C(Nc1ccc(-c2cn3cccnc3n2)cc1)Nc1ccccc1OC(F)(F)F. The molecule has 152 valence electrons. The van der Waals surface area contributed by atoms with E-state index in [-0.39, 0.29) is 5.69 Å². The third-order valence-corrected chi connectivity index (χ3v) is 4.03. The summed E-state index contributed by atoms with van der Waals surface area (Å²) in [6.45, 7) is 0. The summed E-state index contributed by atoms with van der Waals surface area (Å²) in [6, 6.07) is 13.2. The Labute approximate surface area is 168 Å². The lowest BCUT2D eigenvalue weighted by Gasteiger charge is -2.14. The molecular weight excluding hydrogens is 399 g/mol. The van der Waals surface area contributed by atoms with Crippen LogP contribution in [-0.4, -0.2) is 26.8 Å². The largest absolute Gasteiger partial charge is 0.573 e.